The Bertz CT molecular complexity index is 1930. The quantitative estimate of drug-likeness (QED) is 0.100. The van der Waals surface area contributed by atoms with E-state index in [2.05, 4.69) is 25.8 Å². The molecule has 3 heterocycles. The first-order valence-corrected chi connectivity index (χ1v) is 15.4. The van der Waals surface area contributed by atoms with Gasteiger partial charge in [-0.3, -0.25) is 15.1 Å². The molecule has 0 radical (unpaired) electrons. The van der Waals surface area contributed by atoms with Crippen LogP contribution in [0.5, 0.6) is 0 Å². The van der Waals surface area contributed by atoms with Crippen molar-refractivity contribution in [2.75, 3.05) is 4.90 Å². The molecule has 11 heteroatoms. The van der Waals surface area contributed by atoms with Gasteiger partial charge in [-0.05, 0) is 111 Å². The van der Waals surface area contributed by atoms with Crippen LogP contribution >= 0.6 is 24.0 Å². The normalized spacial score (nSPS) is 16.1. The molecule has 6 rings (SSSR count). The van der Waals surface area contributed by atoms with Crippen LogP contribution in [0, 0.1) is 30.9 Å². The molecule has 0 amide bonds. The highest BCUT2D eigenvalue weighted by Crippen LogP contribution is 2.44. The molecule has 2 atom stereocenters. The Morgan fingerprint density at radius 2 is 1.67 bits per heavy atom. The van der Waals surface area contributed by atoms with E-state index in [9.17, 15) is 20.0 Å². The molecule has 0 bridgehead atoms. The highest BCUT2D eigenvalue weighted by Gasteiger charge is 2.42. The molecule has 9 nitrogen and oxygen atoms in total. The molecular formula is C34H29N5O4S2. The lowest BCUT2D eigenvalue weighted by Gasteiger charge is -2.28. The van der Waals surface area contributed by atoms with E-state index in [1.165, 1.54) is 23.9 Å². The van der Waals surface area contributed by atoms with Gasteiger partial charge in [0.05, 0.1) is 28.3 Å². The third-order valence-corrected chi connectivity index (χ3v) is 9.31. The number of hydrogen-bond acceptors (Lipinski definition) is 6. The first-order valence-electron chi connectivity index (χ1n) is 14.2. The van der Waals surface area contributed by atoms with Gasteiger partial charge in [-0.1, -0.05) is 23.9 Å². The van der Waals surface area contributed by atoms with Crippen molar-refractivity contribution in [2.24, 2.45) is 0 Å². The summed E-state index contributed by atoms with van der Waals surface area (Å²) in [6.45, 7) is 6.05. The summed E-state index contributed by atoms with van der Waals surface area (Å²) < 4.78 is 2.11. The van der Waals surface area contributed by atoms with Gasteiger partial charge in [-0.15, -0.1) is 0 Å². The first-order chi connectivity index (χ1) is 21.6. The zero-order valence-electron chi connectivity index (χ0n) is 24.7. The van der Waals surface area contributed by atoms with Crippen LogP contribution in [0.2, 0.25) is 0 Å². The van der Waals surface area contributed by atoms with Crippen LogP contribution in [0.1, 0.15) is 50.7 Å². The number of benzene rings is 3. The van der Waals surface area contributed by atoms with Crippen molar-refractivity contribution in [3.05, 3.63) is 141 Å². The Labute approximate surface area is 269 Å². The molecule has 2 unspecified atom stereocenters. The standard InChI is InChI=1S/C34H29N5O4S2/c1-20-7-8-23(33(40)41)19-30(20)37-21(2)18-28(22(37)3)32-31(29-6-4-5-17-35-29)36-34(44)38(32)24-9-13-26(14-10-24)45-27-15-11-25(12-16-27)39(42)43/h4-19,31-32H,1-3H3,(H,36,44)(H,40,41). The molecule has 1 aliphatic rings. The number of pyridine rings is 1. The maximum Gasteiger partial charge on any atom is 0.335 e. The smallest absolute Gasteiger partial charge is 0.335 e. The number of nitro groups is 1. The summed E-state index contributed by atoms with van der Waals surface area (Å²) in [7, 11) is 0. The van der Waals surface area contributed by atoms with Gasteiger partial charge in [0.25, 0.3) is 5.69 Å². The molecule has 45 heavy (non-hydrogen) atoms. The predicted octanol–water partition coefficient (Wildman–Crippen LogP) is 7.73. The number of hydrogen-bond donors (Lipinski definition) is 2. The molecule has 0 spiro atoms. The summed E-state index contributed by atoms with van der Waals surface area (Å²) in [5.41, 5.74) is 6.82. The van der Waals surface area contributed by atoms with Gasteiger partial charge in [-0.25, -0.2) is 4.79 Å². The maximum absolute atomic E-state index is 11.8. The number of rotatable bonds is 8. The van der Waals surface area contributed by atoms with Gasteiger partial charge >= 0.3 is 5.97 Å². The Morgan fingerprint density at radius 1 is 0.978 bits per heavy atom. The molecule has 226 valence electrons. The fraction of sp³-hybridized carbons (Fsp3) is 0.147. The Hall–Kier alpha value is -5.00. The summed E-state index contributed by atoms with van der Waals surface area (Å²) in [4.78, 5) is 31.1. The third kappa shape index (κ3) is 5.79. The lowest BCUT2D eigenvalue weighted by atomic mass is 9.96. The van der Waals surface area contributed by atoms with Crippen LogP contribution in [0.15, 0.2) is 107 Å². The minimum Gasteiger partial charge on any atom is -0.478 e. The molecule has 2 aromatic heterocycles. The Kier molecular flexibility index (Phi) is 8.13. The van der Waals surface area contributed by atoms with Gasteiger partial charge < -0.3 is 19.9 Å². The second-order valence-electron chi connectivity index (χ2n) is 10.8. The largest absolute Gasteiger partial charge is 0.478 e. The Morgan fingerprint density at radius 3 is 2.29 bits per heavy atom. The van der Waals surface area contributed by atoms with Crippen LogP contribution < -0.4 is 10.2 Å². The van der Waals surface area contributed by atoms with Crippen molar-refractivity contribution in [1.29, 1.82) is 0 Å². The lowest BCUT2D eigenvalue weighted by Crippen LogP contribution is -2.29. The summed E-state index contributed by atoms with van der Waals surface area (Å²) >= 11 is 7.47. The number of nitrogens with one attached hydrogen (secondary N) is 1. The highest BCUT2D eigenvalue weighted by atomic mass is 32.2. The number of carboxylic acid groups (broad SMARTS) is 1. The average molecular weight is 636 g/mol. The molecule has 1 saturated heterocycles. The molecule has 1 aliphatic heterocycles. The fourth-order valence-electron chi connectivity index (χ4n) is 5.84. The van der Waals surface area contributed by atoms with Crippen LogP contribution in [0.4, 0.5) is 11.4 Å². The van der Waals surface area contributed by atoms with Crippen LogP contribution in [-0.4, -0.2) is 30.7 Å². The van der Waals surface area contributed by atoms with Crippen molar-refractivity contribution in [1.82, 2.24) is 14.9 Å². The zero-order chi connectivity index (χ0) is 31.8. The monoisotopic (exact) mass is 635 g/mol. The number of aromatic carboxylic acids is 1. The summed E-state index contributed by atoms with van der Waals surface area (Å²) in [6.07, 6.45) is 1.77. The van der Waals surface area contributed by atoms with Crippen molar-refractivity contribution < 1.29 is 14.8 Å². The van der Waals surface area contributed by atoms with E-state index in [4.69, 9.17) is 12.2 Å². The van der Waals surface area contributed by atoms with Crippen LogP contribution in [-0.2, 0) is 0 Å². The number of nitro benzene ring substituents is 1. The number of thiocarbonyl (C=S) groups is 1. The average Bonchev–Trinajstić information content (AvgIpc) is 3.53. The van der Waals surface area contributed by atoms with E-state index in [1.54, 1.807) is 30.5 Å². The van der Waals surface area contributed by atoms with Gasteiger partial charge in [0.2, 0.25) is 0 Å². The van der Waals surface area contributed by atoms with Gasteiger partial charge in [0.15, 0.2) is 5.11 Å². The lowest BCUT2D eigenvalue weighted by molar-refractivity contribution is -0.384. The van der Waals surface area contributed by atoms with Crippen molar-refractivity contribution in [2.45, 2.75) is 42.6 Å². The molecule has 3 aromatic carbocycles. The zero-order valence-corrected chi connectivity index (χ0v) is 26.3. The number of carbonyl (C=O) groups is 1. The number of aromatic nitrogens is 2. The van der Waals surface area contributed by atoms with Crippen LogP contribution in [0.25, 0.3) is 5.69 Å². The summed E-state index contributed by atoms with van der Waals surface area (Å²) in [5, 5.41) is 24.8. The van der Waals surface area contributed by atoms with E-state index in [0.717, 1.165) is 49.4 Å². The van der Waals surface area contributed by atoms with Crippen molar-refractivity contribution >= 4 is 46.4 Å². The number of aryl methyl sites for hydroxylation is 2. The van der Waals surface area contributed by atoms with E-state index in [1.807, 2.05) is 69.3 Å². The number of carboxylic acids is 1. The SMILES string of the molecule is Cc1ccc(C(=O)O)cc1-n1c(C)cc(C2C(c3ccccn3)NC(=S)N2c2ccc(Sc3ccc([N+](=O)[O-])cc3)cc2)c1C. The van der Waals surface area contributed by atoms with Crippen molar-refractivity contribution in [3.8, 4) is 5.69 Å². The third-order valence-electron chi connectivity index (χ3n) is 7.98. The van der Waals surface area contributed by atoms with Crippen LogP contribution in [0.3, 0.4) is 0 Å². The molecule has 1 fully saturated rings. The summed E-state index contributed by atoms with van der Waals surface area (Å²) in [6, 6.07) is 27.2. The molecule has 5 aromatic rings. The first kappa shape index (κ1) is 30.0. The van der Waals surface area contributed by atoms with Gasteiger partial charge in [-0.2, -0.15) is 0 Å². The van der Waals surface area contributed by atoms with E-state index in [-0.39, 0.29) is 23.3 Å². The second-order valence-corrected chi connectivity index (χ2v) is 12.3. The fourth-order valence-corrected chi connectivity index (χ4v) is 7.00. The number of nitrogens with zero attached hydrogens (tertiary/aromatic N) is 4. The topological polar surface area (TPSA) is 114 Å². The minimum atomic E-state index is -0.971. The molecule has 2 N–H and O–H groups in total. The molecular weight excluding hydrogens is 607 g/mol. The number of anilines is 1. The number of non-ortho nitro benzene ring substituents is 1. The van der Waals surface area contributed by atoms with Gasteiger partial charge in [0, 0.05) is 50.9 Å². The van der Waals surface area contributed by atoms with Crippen molar-refractivity contribution in [3.63, 3.8) is 0 Å². The molecule has 0 saturated carbocycles. The minimum absolute atomic E-state index is 0.0577. The highest BCUT2D eigenvalue weighted by molar-refractivity contribution is 7.99. The maximum atomic E-state index is 11.8. The van der Waals surface area contributed by atoms with E-state index in [0.29, 0.717) is 5.11 Å². The van der Waals surface area contributed by atoms with E-state index >= 15 is 0 Å². The summed E-state index contributed by atoms with van der Waals surface area (Å²) in [5.74, 6) is -0.971. The second kappa shape index (κ2) is 12.2. The molecule has 0 aliphatic carbocycles. The van der Waals surface area contributed by atoms with Gasteiger partial charge in [0.1, 0.15) is 0 Å². The van der Waals surface area contributed by atoms with E-state index < -0.39 is 10.9 Å². The Balaban J connectivity index is 1.40. The predicted molar refractivity (Wildman–Crippen MR) is 179 cm³/mol.